The number of nitrogens with one attached hydrogen (secondary N) is 3. The molecule has 0 bridgehead atoms. The molecule has 0 aliphatic carbocycles. The van der Waals surface area contributed by atoms with E-state index in [0.29, 0.717) is 18.9 Å². The van der Waals surface area contributed by atoms with Gasteiger partial charge in [0.25, 0.3) is 0 Å². The van der Waals surface area contributed by atoms with Crippen molar-refractivity contribution in [3.05, 3.63) is 42.1 Å². The molecule has 8 nitrogen and oxygen atoms in total. The molecule has 0 saturated carbocycles. The number of ether oxygens (including phenoxy) is 1. The molecule has 27 heavy (non-hydrogen) atoms. The van der Waals surface area contributed by atoms with E-state index in [1.807, 2.05) is 30.3 Å². The van der Waals surface area contributed by atoms with Crippen LogP contribution in [0.1, 0.15) is 12.5 Å². The van der Waals surface area contributed by atoms with Gasteiger partial charge < -0.3 is 25.6 Å². The fourth-order valence-corrected chi connectivity index (χ4v) is 2.80. The summed E-state index contributed by atoms with van der Waals surface area (Å²) in [5.41, 5.74) is 3.05. The Hall–Kier alpha value is -2.87. The first-order valence-electron chi connectivity index (χ1n) is 9.27. The number of hydrogen-bond acceptors (Lipinski definition) is 6. The lowest BCUT2D eigenvalue weighted by molar-refractivity contribution is 0.122. The highest BCUT2D eigenvalue weighted by Gasteiger charge is 2.12. The first kappa shape index (κ1) is 18.9. The van der Waals surface area contributed by atoms with Crippen molar-refractivity contribution in [2.45, 2.75) is 13.3 Å². The number of carbonyl (C=O) groups is 1. The van der Waals surface area contributed by atoms with Gasteiger partial charge in [0.05, 0.1) is 25.1 Å². The summed E-state index contributed by atoms with van der Waals surface area (Å²) in [7, 11) is 0. The molecule has 0 atom stereocenters. The quantitative estimate of drug-likeness (QED) is 0.647. The lowest BCUT2D eigenvalue weighted by Gasteiger charge is -2.28. The van der Waals surface area contributed by atoms with Gasteiger partial charge in [0.2, 0.25) is 0 Å². The lowest BCUT2D eigenvalue weighted by Crippen LogP contribution is -2.36. The van der Waals surface area contributed by atoms with Gasteiger partial charge in [-0.3, -0.25) is 0 Å². The Labute approximate surface area is 159 Å². The summed E-state index contributed by atoms with van der Waals surface area (Å²) in [6, 6.07) is 9.57. The highest BCUT2D eigenvalue weighted by Crippen LogP contribution is 2.16. The van der Waals surface area contributed by atoms with E-state index in [1.54, 1.807) is 6.20 Å². The molecule has 3 rings (SSSR count). The summed E-state index contributed by atoms with van der Waals surface area (Å²) in [5, 5.41) is 17.0. The lowest BCUT2D eigenvalue weighted by atomic mass is 10.1. The molecular weight excluding hydrogens is 344 g/mol. The monoisotopic (exact) mass is 370 g/mol. The third kappa shape index (κ3) is 5.82. The van der Waals surface area contributed by atoms with E-state index in [-0.39, 0.29) is 6.03 Å². The Morgan fingerprint density at radius 2 is 1.96 bits per heavy atom. The maximum atomic E-state index is 11.9. The summed E-state index contributed by atoms with van der Waals surface area (Å²) < 4.78 is 5.37. The second kappa shape index (κ2) is 9.72. The van der Waals surface area contributed by atoms with E-state index >= 15 is 0 Å². The number of benzene rings is 1. The number of rotatable bonds is 7. The van der Waals surface area contributed by atoms with E-state index in [2.05, 4.69) is 38.0 Å². The number of carbonyl (C=O) groups excluding carboxylic acids is 1. The van der Waals surface area contributed by atoms with Gasteiger partial charge in [0.15, 0.2) is 5.82 Å². The Bertz CT molecular complexity index is 731. The average Bonchev–Trinajstić information content (AvgIpc) is 2.73. The van der Waals surface area contributed by atoms with Crippen LogP contribution in [0.25, 0.3) is 0 Å². The zero-order valence-electron chi connectivity index (χ0n) is 15.6. The largest absolute Gasteiger partial charge is 0.378 e. The summed E-state index contributed by atoms with van der Waals surface area (Å²) in [6.45, 7) is 6.30. The fourth-order valence-electron chi connectivity index (χ4n) is 2.80. The number of amides is 2. The smallest absolute Gasteiger partial charge is 0.319 e. The molecule has 1 aromatic carbocycles. The zero-order valence-corrected chi connectivity index (χ0v) is 15.6. The Kier molecular flexibility index (Phi) is 6.81. The third-order valence-electron chi connectivity index (χ3n) is 4.35. The minimum Gasteiger partial charge on any atom is -0.378 e. The first-order chi connectivity index (χ1) is 13.2. The summed E-state index contributed by atoms with van der Waals surface area (Å²) in [4.78, 5) is 14.2. The van der Waals surface area contributed by atoms with Crippen LogP contribution < -0.4 is 20.9 Å². The van der Waals surface area contributed by atoms with Crippen molar-refractivity contribution >= 4 is 23.2 Å². The normalized spacial score (nSPS) is 13.9. The molecule has 144 valence electrons. The van der Waals surface area contributed by atoms with Crippen LogP contribution in [0.3, 0.4) is 0 Å². The highest BCUT2D eigenvalue weighted by molar-refractivity contribution is 5.89. The van der Waals surface area contributed by atoms with E-state index in [9.17, 15) is 4.79 Å². The summed E-state index contributed by atoms with van der Waals surface area (Å²) >= 11 is 0. The molecule has 0 spiro atoms. The van der Waals surface area contributed by atoms with E-state index < -0.39 is 0 Å². The van der Waals surface area contributed by atoms with Crippen LogP contribution in [0.5, 0.6) is 0 Å². The molecule has 1 aliphatic rings. The SMILES string of the molecule is CCc1ccc(NC(=O)NCCNc2cc(N3CCOCC3)cnn2)cc1. The standard InChI is InChI=1S/C19H26N6O2/c1-2-15-3-5-16(6-4-15)23-19(26)21-8-7-20-18-13-17(14-22-24-18)25-9-11-27-12-10-25/h3-6,13-14H,2,7-12H2,1H3,(H,20,24)(H2,21,23,26). The maximum absolute atomic E-state index is 11.9. The number of aromatic nitrogens is 2. The van der Waals surface area contributed by atoms with Crippen LogP contribution >= 0.6 is 0 Å². The van der Waals surface area contributed by atoms with Crippen molar-refractivity contribution in [3.63, 3.8) is 0 Å². The number of urea groups is 1. The predicted octanol–water partition coefficient (Wildman–Crippen LogP) is 2.11. The van der Waals surface area contributed by atoms with Gasteiger partial charge in [-0.1, -0.05) is 19.1 Å². The molecular formula is C19H26N6O2. The molecule has 1 saturated heterocycles. The van der Waals surface area contributed by atoms with Gasteiger partial charge in [0, 0.05) is 37.9 Å². The van der Waals surface area contributed by atoms with Gasteiger partial charge in [-0.25, -0.2) is 4.79 Å². The van der Waals surface area contributed by atoms with Crippen molar-refractivity contribution in [1.82, 2.24) is 15.5 Å². The first-order valence-corrected chi connectivity index (χ1v) is 9.27. The Balaban J connectivity index is 1.39. The van der Waals surface area contributed by atoms with Crippen LogP contribution in [0.15, 0.2) is 36.5 Å². The van der Waals surface area contributed by atoms with Gasteiger partial charge in [-0.2, -0.15) is 5.10 Å². The topological polar surface area (TPSA) is 91.4 Å². The molecule has 1 aliphatic heterocycles. The second-order valence-corrected chi connectivity index (χ2v) is 6.26. The molecule has 2 heterocycles. The molecule has 0 radical (unpaired) electrons. The number of hydrogen-bond donors (Lipinski definition) is 3. The number of morpholine rings is 1. The van der Waals surface area contributed by atoms with E-state index in [0.717, 1.165) is 44.1 Å². The van der Waals surface area contributed by atoms with Crippen LogP contribution in [-0.2, 0) is 11.2 Å². The van der Waals surface area contributed by atoms with Crippen LogP contribution in [0.4, 0.5) is 22.0 Å². The zero-order chi connectivity index (χ0) is 18.9. The van der Waals surface area contributed by atoms with Crippen molar-refractivity contribution in [2.24, 2.45) is 0 Å². The second-order valence-electron chi connectivity index (χ2n) is 6.26. The number of anilines is 3. The molecule has 1 fully saturated rings. The molecule has 8 heteroatoms. The van der Waals surface area contributed by atoms with Crippen molar-refractivity contribution in [2.75, 3.05) is 54.9 Å². The number of nitrogens with zero attached hydrogens (tertiary/aromatic N) is 3. The maximum Gasteiger partial charge on any atom is 0.319 e. The van der Waals surface area contributed by atoms with Gasteiger partial charge in [-0.05, 0) is 24.1 Å². The molecule has 0 unspecified atom stereocenters. The third-order valence-corrected chi connectivity index (χ3v) is 4.35. The molecule has 2 aromatic rings. The number of aryl methyl sites for hydroxylation is 1. The Morgan fingerprint density at radius 1 is 1.19 bits per heavy atom. The van der Waals surface area contributed by atoms with Gasteiger partial charge in [0.1, 0.15) is 0 Å². The minimum atomic E-state index is -0.228. The van der Waals surface area contributed by atoms with Crippen LogP contribution in [0, 0.1) is 0 Å². The van der Waals surface area contributed by atoms with Crippen molar-refractivity contribution < 1.29 is 9.53 Å². The minimum absolute atomic E-state index is 0.228. The Morgan fingerprint density at radius 3 is 2.70 bits per heavy atom. The fraction of sp³-hybridized carbons (Fsp3) is 0.421. The van der Waals surface area contributed by atoms with Crippen LogP contribution in [-0.4, -0.2) is 55.6 Å². The van der Waals surface area contributed by atoms with Gasteiger partial charge in [-0.15, -0.1) is 5.10 Å². The predicted molar refractivity (Wildman–Crippen MR) is 106 cm³/mol. The summed E-state index contributed by atoms with van der Waals surface area (Å²) in [6.07, 6.45) is 2.74. The summed E-state index contributed by atoms with van der Waals surface area (Å²) in [5.74, 6) is 0.691. The highest BCUT2D eigenvalue weighted by atomic mass is 16.5. The van der Waals surface area contributed by atoms with E-state index in [1.165, 1.54) is 5.56 Å². The molecule has 3 N–H and O–H groups in total. The average molecular weight is 370 g/mol. The van der Waals surface area contributed by atoms with Crippen LogP contribution in [0.2, 0.25) is 0 Å². The van der Waals surface area contributed by atoms with Crippen molar-refractivity contribution in [3.8, 4) is 0 Å². The van der Waals surface area contributed by atoms with Gasteiger partial charge >= 0.3 is 6.03 Å². The van der Waals surface area contributed by atoms with E-state index in [4.69, 9.17) is 4.74 Å². The van der Waals surface area contributed by atoms with Crippen molar-refractivity contribution in [1.29, 1.82) is 0 Å². The molecule has 1 aromatic heterocycles. The molecule has 2 amide bonds.